The molecule has 0 atom stereocenters. The molecule has 1 aromatic carbocycles. The molecule has 1 aromatic rings. The van der Waals surface area contributed by atoms with Crippen molar-refractivity contribution < 1.29 is 4.92 Å². The highest BCUT2D eigenvalue weighted by atomic mass is 16.6. The van der Waals surface area contributed by atoms with Crippen LogP contribution in [-0.2, 0) is 6.54 Å². The van der Waals surface area contributed by atoms with Crippen molar-refractivity contribution in [2.75, 3.05) is 19.3 Å². The molecule has 0 saturated heterocycles. The van der Waals surface area contributed by atoms with Crippen LogP contribution in [0.4, 0.5) is 11.4 Å². The van der Waals surface area contributed by atoms with Gasteiger partial charge in [0, 0.05) is 19.2 Å². The molecular weight excluding hydrogens is 254 g/mol. The molecule has 1 aliphatic rings. The van der Waals surface area contributed by atoms with E-state index in [1.807, 2.05) is 0 Å². The zero-order valence-electron chi connectivity index (χ0n) is 12.0. The normalized spacial score (nSPS) is 16.5. The molecule has 110 valence electrons. The van der Waals surface area contributed by atoms with Crippen LogP contribution in [-0.4, -0.2) is 23.4 Å². The van der Waals surface area contributed by atoms with Gasteiger partial charge in [-0.2, -0.15) is 0 Å². The fraction of sp³-hybridized carbons (Fsp3) is 0.600. The second kappa shape index (κ2) is 6.70. The summed E-state index contributed by atoms with van der Waals surface area (Å²) in [5.41, 5.74) is 6.99. The molecule has 1 saturated carbocycles. The Balaban J connectivity index is 1.92. The van der Waals surface area contributed by atoms with Crippen LogP contribution in [0, 0.1) is 16.0 Å². The minimum Gasteiger partial charge on any atom is -0.393 e. The quantitative estimate of drug-likeness (QED) is 0.509. The van der Waals surface area contributed by atoms with Gasteiger partial charge in [0.2, 0.25) is 0 Å². The molecule has 0 amide bonds. The molecule has 0 aliphatic heterocycles. The monoisotopic (exact) mass is 277 g/mol. The number of nitrogens with zero attached hydrogens (tertiary/aromatic N) is 2. The van der Waals surface area contributed by atoms with Gasteiger partial charge < -0.3 is 10.6 Å². The highest BCUT2D eigenvalue weighted by Crippen LogP contribution is 2.26. The van der Waals surface area contributed by atoms with Crippen LogP contribution < -0.4 is 5.73 Å². The zero-order chi connectivity index (χ0) is 14.5. The van der Waals surface area contributed by atoms with E-state index in [4.69, 9.17) is 5.73 Å². The van der Waals surface area contributed by atoms with Gasteiger partial charge in [-0.3, -0.25) is 10.1 Å². The van der Waals surface area contributed by atoms with Crippen LogP contribution in [0.1, 0.15) is 37.7 Å². The largest absolute Gasteiger partial charge is 0.393 e. The third-order valence-electron chi connectivity index (χ3n) is 4.04. The first-order valence-corrected chi connectivity index (χ1v) is 7.27. The zero-order valence-corrected chi connectivity index (χ0v) is 12.0. The first-order valence-electron chi connectivity index (χ1n) is 7.27. The van der Waals surface area contributed by atoms with Crippen LogP contribution in [0.2, 0.25) is 0 Å². The van der Waals surface area contributed by atoms with Gasteiger partial charge in [0.05, 0.1) is 4.92 Å². The second-order valence-electron chi connectivity index (χ2n) is 5.85. The van der Waals surface area contributed by atoms with Crippen LogP contribution in [0.3, 0.4) is 0 Å². The summed E-state index contributed by atoms with van der Waals surface area (Å²) in [5, 5.41) is 10.7. The molecule has 0 unspecified atom stereocenters. The average molecular weight is 277 g/mol. The molecule has 2 rings (SSSR count). The highest BCUT2D eigenvalue weighted by Gasteiger charge is 2.16. The predicted octanol–water partition coefficient (Wildman–Crippen LogP) is 3.19. The Morgan fingerprint density at radius 1 is 1.35 bits per heavy atom. The molecule has 5 nitrogen and oxygen atoms in total. The van der Waals surface area contributed by atoms with E-state index in [1.165, 1.54) is 38.2 Å². The lowest BCUT2D eigenvalue weighted by molar-refractivity contribution is -0.383. The fourth-order valence-electron chi connectivity index (χ4n) is 3.06. The van der Waals surface area contributed by atoms with Crippen molar-refractivity contribution in [3.63, 3.8) is 0 Å². The van der Waals surface area contributed by atoms with E-state index in [-0.39, 0.29) is 11.4 Å². The highest BCUT2D eigenvalue weighted by molar-refractivity contribution is 5.59. The average Bonchev–Trinajstić information content (AvgIpc) is 2.39. The molecule has 2 N–H and O–H groups in total. The van der Waals surface area contributed by atoms with Gasteiger partial charge in [0.25, 0.3) is 5.69 Å². The van der Waals surface area contributed by atoms with Gasteiger partial charge in [0.1, 0.15) is 5.69 Å². The fourth-order valence-corrected chi connectivity index (χ4v) is 3.06. The number of nitro benzene ring substituents is 1. The van der Waals surface area contributed by atoms with Crippen molar-refractivity contribution in [2.24, 2.45) is 5.92 Å². The third kappa shape index (κ3) is 3.93. The maximum Gasteiger partial charge on any atom is 0.292 e. The third-order valence-corrected chi connectivity index (χ3v) is 4.04. The summed E-state index contributed by atoms with van der Waals surface area (Å²) in [5.74, 6) is 0.796. The van der Waals surface area contributed by atoms with E-state index in [9.17, 15) is 10.1 Å². The number of rotatable bonds is 5. The molecule has 0 heterocycles. The number of nitrogens with two attached hydrogens (primary N) is 1. The summed E-state index contributed by atoms with van der Waals surface area (Å²) in [6.45, 7) is 1.88. The molecule has 0 spiro atoms. The van der Waals surface area contributed by atoms with Crippen molar-refractivity contribution in [1.82, 2.24) is 4.90 Å². The lowest BCUT2D eigenvalue weighted by atomic mass is 9.89. The minimum absolute atomic E-state index is 0.0105. The Morgan fingerprint density at radius 3 is 2.65 bits per heavy atom. The molecule has 20 heavy (non-hydrogen) atoms. The molecule has 1 fully saturated rings. The van der Waals surface area contributed by atoms with Crippen LogP contribution in [0.5, 0.6) is 0 Å². The van der Waals surface area contributed by atoms with Crippen molar-refractivity contribution in [1.29, 1.82) is 0 Å². The minimum atomic E-state index is -0.440. The predicted molar refractivity (Wildman–Crippen MR) is 80.4 cm³/mol. The summed E-state index contributed by atoms with van der Waals surface area (Å²) in [4.78, 5) is 12.6. The number of benzene rings is 1. The summed E-state index contributed by atoms with van der Waals surface area (Å²) in [6, 6.07) is 5.01. The van der Waals surface area contributed by atoms with Gasteiger partial charge >= 0.3 is 0 Å². The molecule has 1 aliphatic carbocycles. The number of hydrogen-bond acceptors (Lipinski definition) is 4. The van der Waals surface area contributed by atoms with Gasteiger partial charge in [-0.1, -0.05) is 25.3 Å². The molecular formula is C15H23N3O2. The van der Waals surface area contributed by atoms with Gasteiger partial charge in [-0.25, -0.2) is 0 Å². The van der Waals surface area contributed by atoms with E-state index in [1.54, 1.807) is 12.1 Å². The van der Waals surface area contributed by atoms with E-state index in [0.717, 1.165) is 24.6 Å². The van der Waals surface area contributed by atoms with E-state index >= 15 is 0 Å². The molecule has 0 bridgehead atoms. The van der Waals surface area contributed by atoms with Crippen molar-refractivity contribution in [2.45, 2.75) is 38.6 Å². The Hall–Kier alpha value is -1.62. The lowest BCUT2D eigenvalue weighted by Crippen LogP contribution is -2.26. The number of hydrogen-bond donors (Lipinski definition) is 1. The number of nitrogen functional groups attached to an aromatic ring is 1. The molecule has 5 heteroatoms. The summed E-state index contributed by atoms with van der Waals surface area (Å²) in [7, 11) is 2.10. The number of nitro groups is 1. The van der Waals surface area contributed by atoms with Crippen molar-refractivity contribution in [3.8, 4) is 0 Å². The number of anilines is 1. The summed E-state index contributed by atoms with van der Waals surface area (Å²) in [6.07, 6.45) is 6.73. The summed E-state index contributed by atoms with van der Waals surface area (Å²) < 4.78 is 0. The molecule has 0 radical (unpaired) electrons. The smallest absolute Gasteiger partial charge is 0.292 e. The van der Waals surface area contributed by atoms with Crippen molar-refractivity contribution >= 4 is 11.4 Å². The van der Waals surface area contributed by atoms with Crippen LogP contribution >= 0.6 is 0 Å². The SMILES string of the molecule is CN(Cc1ccc([N+](=O)[O-])c(N)c1)CC1CCCCC1. The van der Waals surface area contributed by atoms with E-state index < -0.39 is 4.92 Å². The van der Waals surface area contributed by atoms with Crippen molar-refractivity contribution in [3.05, 3.63) is 33.9 Å². The van der Waals surface area contributed by atoms with E-state index in [0.29, 0.717) is 0 Å². The first kappa shape index (κ1) is 14.8. The van der Waals surface area contributed by atoms with Crippen LogP contribution in [0.25, 0.3) is 0 Å². The van der Waals surface area contributed by atoms with Gasteiger partial charge in [0.15, 0.2) is 0 Å². The second-order valence-corrected chi connectivity index (χ2v) is 5.85. The van der Waals surface area contributed by atoms with Gasteiger partial charge in [-0.15, -0.1) is 0 Å². The maximum atomic E-state index is 10.7. The Labute approximate surface area is 119 Å². The Bertz CT molecular complexity index is 470. The first-order chi connectivity index (χ1) is 9.56. The Kier molecular flexibility index (Phi) is 4.95. The maximum absolute atomic E-state index is 10.7. The summed E-state index contributed by atoms with van der Waals surface area (Å²) >= 11 is 0. The molecule has 0 aromatic heterocycles. The topological polar surface area (TPSA) is 72.4 Å². The van der Waals surface area contributed by atoms with Gasteiger partial charge in [-0.05, 0) is 37.4 Å². The van der Waals surface area contributed by atoms with Crippen LogP contribution in [0.15, 0.2) is 18.2 Å². The van der Waals surface area contributed by atoms with E-state index in [2.05, 4.69) is 11.9 Å². The lowest BCUT2D eigenvalue weighted by Gasteiger charge is -2.27. The Morgan fingerprint density at radius 2 is 2.05 bits per heavy atom. The standard InChI is InChI=1S/C15H23N3O2/c1-17(10-12-5-3-2-4-6-12)11-13-7-8-15(18(19)20)14(16)9-13/h7-9,12H,2-6,10-11,16H2,1H3.